The van der Waals surface area contributed by atoms with Crippen LogP contribution in [0.4, 0.5) is 0 Å². The molecule has 3 heteroatoms. The van der Waals surface area contributed by atoms with Gasteiger partial charge in [0.25, 0.3) is 0 Å². The van der Waals surface area contributed by atoms with Gasteiger partial charge in [-0.3, -0.25) is 4.79 Å². The predicted molar refractivity (Wildman–Crippen MR) is 76.6 cm³/mol. The smallest absolute Gasteiger partial charge is 0.306 e. The lowest BCUT2D eigenvalue weighted by atomic mass is 9.84. The Morgan fingerprint density at radius 2 is 1.95 bits per heavy atom. The second kappa shape index (κ2) is 6.60. The fourth-order valence-corrected chi connectivity index (χ4v) is 2.08. The molecule has 0 saturated heterocycles. The summed E-state index contributed by atoms with van der Waals surface area (Å²) in [6.07, 6.45) is 1.03. The monoisotopic (exact) mass is 264 g/mol. The number of aryl methyl sites for hydroxylation is 1. The van der Waals surface area contributed by atoms with Crippen LogP contribution in [0.3, 0.4) is 0 Å². The Labute approximate surface area is 115 Å². The van der Waals surface area contributed by atoms with Gasteiger partial charge in [0.2, 0.25) is 0 Å². The van der Waals surface area contributed by atoms with Crippen LogP contribution in [-0.4, -0.2) is 19.7 Å². The first kappa shape index (κ1) is 15.5. The lowest BCUT2D eigenvalue weighted by Crippen LogP contribution is -2.14. The lowest BCUT2D eigenvalue weighted by molar-refractivity contribution is -0.143. The van der Waals surface area contributed by atoms with Crippen molar-refractivity contribution in [2.24, 2.45) is 0 Å². The minimum atomic E-state index is -0.161. The molecule has 0 atom stereocenters. The number of para-hydroxylation sites is 1. The SMILES string of the molecule is CCOC(=O)CCc1cccc(C(C)(C)C)c1OC. The van der Waals surface area contributed by atoms with Gasteiger partial charge in [-0.15, -0.1) is 0 Å². The first-order valence-electron chi connectivity index (χ1n) is 6.72. The second-order valence-corrected chi connectivity index (χ2v) is 5.55. The highest BCUT2D eigenvalue weighted by molar-refractivity contribution is 5.70. The van der Waals surface area contributed by atoms with E-state index in [9.17, 15) is 4.79 Å². The summed E-state index contributed by atoms with van der Waals surface area (Å²) >= 11 is 0. The first-order chi connectivity index (χ1) is 8.90. The van der Waals surface area contributed by atoms with Crippen molar-refractivity contribution in [3.05, 3.63) is 29.3 Å². The topological polar surface area (TPSA) is 35.5 Å². The molecule has 0 heterocycles. The van der Waals surface area contributed by atoms with Crippen LogP contribution in [-0.2, 0) is 21.4 Å². The number of esters is 1. The second-order valence-electron chi connectivity index (χ2n) is 5.55. The van der Waals surface area contributed by atoms with Crippen LogP contribution in [0.5, 0.6) is 5.75 Å². The molecule has 0 fully saturated rings. The minimum absolute atomic E-state index is 0.0191. The molecule has 106 valence electrons. The molecule has 1 rings (SSSR count). The van der Waals surface area contributed by atoms with Gasteiger partial charge in [-0.2, -0.15) is 0 Å². The number of ether oxygens (including phenoxy) is 2. The third-order valence-electron chi connectivity index (χ3n) is 3.01. The van der Waals surface area contributed by atoms with E-state index in [1.165, 1.54) is 0 Å². The maximum absolute atomic E-state index is 11.4. The molecule has 0 saturated carbocycles. The summed E-state index contributed by atoms with van der Waals surface area (Å²) in [6.45, 7) is 8.71. The van der Waals surface area contributed by atoms with Gasteiger partial charge in [0.1, 0.15) is 5.75 Å². The van der Waals surface area contributed by atoms with Crippen LogP contribution >= 0.6 is 0 Å². The maximum atomic E-state index is 11.4. The fourth-order valence-electron chi connectivity index (χ4n) is 2.08. The van der Waals surface area contributed by atoms with Crippen molar-refractivity contribution in [3.8, 4) is 5.75 Å². The van der Waals surface area contributed by atoms with Gasteiger partial charge >= 0.3 is 5.97 Å². The normalized spacial score (nSPS) is 11.2. The number of rotatable bonds is 5. The molecule has 19 heavy (non-hydrogen) atoms. The summed E-state index contributed by atoms with van der Waals surface area (Å²) in [5.41, 5.74) is 2.24. The van der Waals surface area contributed by atoms with E-state index in [1.807, 2.05) is 19.1 Å². The number of benzene rings is 1. The van der Waals surface area contributed by atoms with E-state index in [1.54, 1.807) is 7.11 Å². The molecule has 0 aliphatic carbocycles. The van der Waals surface area contributed by atoms with Crippen molar-refractivity contribution in [1.29, 1.82) is 0 Å². The van der Waals surface area contributed by atoms with Crippen LogP contribution < -0.4 is 4.74 Å². The fraction of sp³-hybridized carbons (Fsp3) is 0.562. The molecular formula is C16H24O3. The molecule has 0 aliphatic heterocycles. The van der Waals surface area contributed by atoms with Crippen molar-refractivity contribution < 1.29 is 14.3 Å². The molecule has 0 aromatic heterocycles. The van der Waals surface area contributed by atoms with Crippen molar-refractivity contribution >= 4 is 5.97 Å². The van der Waals surface area contributed by atoms with Crippen LogP contribution in [0.2, 0.25) is 0 Å². The maximum Gasteiger partial charge on any atom is 0.306 e. The molecule has 1 aromatic rings. The van der Waals surface area contributed by atoms with Gasteiger partial charge in [0.15, 0.2) is 0 Å². The molecule has 1 aromatic carbocycles. The van der Waals surface area contributed by atoms with Crippen molar-refractivity contribution in [2.75, 3.05) is 13.7 Å². The van der Waals surface area contributed by atoms with Gasteiger partial charge in [-0.25, -0.2) is 0 Å². The molecule has 0 aliphatic rings. The number of hydrogen-bond donors (Lipinski definition) is 0. The minimum Gasteiger partial charge on any atom is -0.496 e. The quantitative estimate of drug-likeness (QED) is 0.764. The Bertz CT molecular complexity index is 430. The van der Waals surface area contributed by atoms with Crippen LogP contribution in [0.25, 0.3) is 0 Å². The highest BCUT2D eigenvalue weighted by Crippen LogP contribution is 2.34. The number of carbonyl (C=O) groups is 1. The zero-order valence-electron chi connectivity index (χ0n) is 12.6. The summed E-state index contributed by atoms with van der Waals surface area (Å²) in [5, 5.41) is 0. The van der Waals surface area contributed by atoms with Gasteiger partial charge in [-0.1, -0.05) is 39.0 Å². The van der Waals surface area contributed by atoms with E-state index in [4.69, 9.17) is 9.47 Å². The Morgan fingerprint density at radius 3 is 2.47 bits per heavy atom. The summed E-state index contributed by atoms with van der Waals surface area (Å²) in [6, 6.07) is 6.10. The molecule has 0 amide bonds. The average molecular weight is 264 g/mol. The molecule has 0 N–H and O–H groups in total. The number of carbonyl (C=O) groups excluding carboxylic acids is 1. The summed E-state index contributed by atoms with van der Waals surface area (Å²) in [4.78, 5) is 11.4. The first-order valence-corrected chi connectivity index (χ1v) is 6.72. The lowest BCUT2D eigenvalue weighted by Gasteiger charge is -2.23. The van der Waals surface area contributed by atoms with E-state index >= 15 is 0 Å². The Morgan fingerprint density at radius 1 is 1.26 bits per heavy atom. The summed E-state index contributed by atoms with van der Waals surface area (Å²) in [7, 11) is 1.68. The van der Waals surface area contributed by atoms with Gasteiger partial charge in [-0.05, 0) is 29.9 Å². The van der Waals surface area contributed by atoms with E-state index in [2.05, 4.69) is 26.8 Å². The zero-order chi connectivity index (χ0) is 14.5. The van der Waals surface area contributed by atoms with Crippen molar-refractivity contribution in [1.82, 2.24) is 0 Å². The highest BCUT2D eigenvalue weighted by Gasteiger charge is 2.20. The number of methoxy groups -OCH3 is 1. The van der Waals surface area contributed by atoms with Crippen LogP contribution in [0.1, 0.15) is 45.2 Å². The zero-order valence-corrected chi connectivity index (χ0v) is 12.6. The van der Waals surface area contributed by atoms with E-state index < -0.39 is 0 Å². The third kappa shape index (κ3) is 4.27. The third-order valence-corrected chi connectivity index (χ3v) is 3.01. The van der Waals surface area contributed by atoms with Crippen molar-refractivity contribution in [3.63, 3.8) is 0 Å². The largest absolute Gasteiger partial charge is 0.496 e. The van der Waals surface area contributed by atoms with E-state index in [0.717, 1.165) is 16.9 Å². The Hall–Kier alpha value is -1.51. The molecule has 0 spiro atoms. The summed E-state index contributed by atoms with van der Waals surface area (Å²) in [5.74, 6) is 0.727. The molecule has 0 radical (unpaired) electrons. The highest BCUT2D eigenvalue weighted by atomic mass is 16.5. The molecule has 0 bridgehead atoms. The summed E-state index contributed by atoms with van der Waals surface area (Å²) < 4.78 is 10.5. The van der Waals surface area contributed by atoms with Crippen molar-refractivity contribution in [2.45, 2.75) is 46.0 Å². The molecular weight excluding hydrogens is 240 g/mol. The van der Waals surface area contributed by atoms with Gasteiger partial charge in [0.05, 0.1) is 13.7 Å². The van der Waals surface area contributed by atoms with Gasteiger partial charge in [0, 0.05) is 6.42 Å². The Balaban J connectivity index is 2.93. The standard InChI is InChI=1S/C16H24O3/c1-6-19-14(17)11-10-12-8-7-9-13(15(12)18-5)16(2,3)4/h7-9H,6,10-11H2,1-5H3. The molecule has 0 unspecified atom stereocenters. The average Bonchev–Trinajstić information content (AvgIpc) is 2.35. The predicted octanol–water partition coefficient (Wildman–Crippen LogP) is 3.49. The van der Waals surface area contributed by atoms with E-state index in [-0.39, 0.29) is 11.4 Å². The van der Waals surface area contributed by atoms with E-state index in [0.29, 0.717) is 19.4 Å². The molecule has 3 nitrogen and oxygen atoms in total. The number of hydrogen-bond acceptors (Lipinski definition) is 3. The van der Waals surface area contributed by atoms with Gasteiger partial charge < -0.3 is 9.47 Å². The van der Waals surface area contributed by atoms with Crippen LogP contribution in [0, 0.1) is 0 Å². The Kier molecular flexibility index (Phi) is 5.40. The van der Waals surface area contributed by atoms with Crippen LogP contribution in [0.15, 0.2) is 18.2 Å².